The van der Waals surface area contributed by atoms with Gasteiger partial charge in [-0.1, -0.05) is 28.1 Å². The highest BCUT2D eigenvalue weighted by Crippen LogP contribution is 2.45. The number of nitrogens with one attached hydrogen (secondary N) is 1. The number of carbonyl (C=O) groups excluding carboxylic acids is 1. The Kier molecular flexibility index (Phi) is 9.42. The summed E-state index contributed by atoms with van der Waals surface area (Å²) in [4.78, 5) is 12.2. The summed E-state index contributed by atoms with van der Waals surface area (Å²) in [6.07, 6.45) is 2.09. The molecule has 0 saturated carbocycles. The first kappa shape index (κ1) is 24.7. The van der Waals surface area contributed by atoms with Crippen LogP contribution < -0.4 is 14.9 Å². The molecule has 1 fully saturated rings. The van der Waals surface area contributed by atoms with Gasteiger partial charge in [-0.15, -0.1) is 23.5 Å². The van der Waals surface area contributed by atoms with Gasteiger partial charge in [0.15, 0.2) is 11.5 Å². The van der Waals surface area contributed by atoms with Gasteiger partial charge in [-0.2, -0.15) is 5.10 Å². The van der Waals surface area contributed by atoms with Crippen LogP contribution in [-0.4, -0.2) is 34.3 Å². The maximum absolute atomic E-state index is 12.2. The molecule has 3 rings (SSSR count). The summed E-state index contributed by atoms with van der Waals surface area (Å²) in [5.74, 6) is 3.47. The maximum Gasteiger partial charge on any atom is 0.242 e. The van der Waals surface area contributed by atoms with E-state index in [4.69, 9.17) is 9.47 Å². The third kappa shape index (κ3) is 7.57. The van der Waals surface area contributed by atoms with Gasteiger partial charge in [0.05, 0.1) is 26.9 Å². The Morgan fingerprint density at radius 1 is 1.26 bits per heavy atom. The van der Waals surface area contributed by atoms with Gasteiger partial charge in [0, 0.05) is 16.0 Å². The monoisotopic (exact) mass is 634 g/mol. The number of rotatable bonds is 9. The zero-order valence-electron chi connectivity index (χ0n) is 17.3. The summed E-state index contributed by atoms with van der Waals surface area (Å²) >= 11 is 9.34. The average molecular weight is 635 g/mol. The fraction of sp³-hybridized carbons (Fsp3) is 0.364. The van der Waals surface area contributed by atoms with E-state index >= 15 is 0 Å². The van der Waals surface area contributed by atoms with Crippen molar-refractivity contribution < 1.29 is 14.3 Å². The van der Waals surface area contributed by atoms with E-state index in [1.807, 2.05) is 66.8 Å². The number of nitrogens with zero attached hydrogens (tertiary/aromatic N) is 1. The molecule has 166 valence electrons. The maximum atomic E-state index is 12.2. The van der Waals surface area contributed by atoms with Crippen LogP contribution in [-0.2, 0) is 11.4 Å². The van der Waals surface area contributed by atoms with Crippen LogP contribution in [0.5, 0.6) is 11.5 Å². The Labute approximate surface area is 213 Å². The number of hydrazone groups is 1. The lowest BCUT2D eigenvalue weighted by molar-refractivity contribution is -0.121. The lowest BCUT2D eigenvalue weighted by Crippen LogP contribution is -2.26. The molecular formula is C22H24BrIN2O3S2. The zero-order chi connectivity index (χ0) is 22.3. The van der Waals surface area contributed by atoms with Crippen LogP contribution in [0.3, 0.4) is 0 Å². The van der Waals surface area contributed by atoms with E-state index in [-0.39, 0.29) is 9.99 Å². The van der Waals surface area contributed by atoms with Crippen molar-refractivity contribution in [3.8, 4) is 11.5 Å². The highest BCUT2D eigenvalue weighted by atomic mass is 127. The summed E-state index contributed by atoms with van der Waals surface area (Å²) in [6.45, 7) is 5.02. The molecule has 0 atom stereocenters. The SMILES string of the molecule is CCOc1cc(/C=N\NC(=O)CC2(C)SCCS2)cc(I)c1OCc1ccc(Br)cc1. The second-order valence-corrected chi connectivity index (χ2v) is 12.5. The van der Waals surface area contributed by atoms with Crippen molar-refractivity contribution in [2.24, 2.45) is 5.10 Å². The van der Waals surface area contributed by atoms with Crippen molar-refractivity contribution in [1.82, 2.24) is 5.43 Å². The zero-order valence-corrected chi connectivity index (χ0v) is 22.7. The molecule has 1 aliphatic rings. The van der Waals surface area contributed by atoms with E-state index in [1.54, 1.807) is 6.21 Å². The van der Waals surface area contributed by atoms with E-state index in [0.717, 1.165) is 30.7 Å². The molecule has 0 bridgehead atoms. The van der Waals surface area contributed by atoms with Gasteiger partial charge in [-0.05, 0) is 71.8 Å². The van der Waals surface area contributed by atoms with Crippen LogP contribution in [0.25, 0.3) is 0 Å². The van der Waals surface area contributed by atoms with Gasteiger partial charge in [0.25, 0.3) is 0 Å². The van der Waals surface area contributed by atoms with E-state index in [9.17, 15) is 4.79 Å². The molecule has 1 N–H and O–H groups in total. The molecule has 0 aromatic heterocycles. The van der Waals surface area contributed by atoms with E-state index in [2.05, 4.69) is 56.0 Å². The molecule has 2 aromatic carbocycles. The minimum absolute atomic E-state index is 0.0507. The summed E-state index contributed by atoms with van der Waals surface area (Å²) < 4.78 is 13.8. The molecule has 0 radical (unpaired) electrons. The summed E-state index contributed by atoms with van der Waals surface area (Å²) in [6, 6.07) is 11.9. The van der Waals surface area contributed by atoms with Gasteiger partial charge in [0.2, 0.25) is 5.91 Å². The minimum Gasteiger partial charge on any atom is -0.490 e. The van der Waals surface area contributed by atoms with Crippen LogP contribution in [0.15, 0.2) is 46.0 Å². The molecular weight excluding hydrogens is 611 g/mol. The number of hydrogen-bond donors (Lipinski definition) is 1. The Morgan fingerprint density at radius 3 is 2.65 bits per heavy atom. The van der Waals surface area contributed by atoms with Crippen molar-refractivity contribution in [2.45, 2.75) is 31.0 Å². The van der Waals surface area contributed by atoms with Crippen LogP contribution >= 0.6 is 62.0 Å². The first-order chi connectivity index (χ1) is 14.9. The van der Waals surface area contributed by atoms with Crippen molar-refractivity contribution in [3.05, 3.63) is 55.6 Å². The molecule has 31 heavy (non-hydrogen) atoms. The molecule has 0 spiro atoms. The second kappa shape index (κ2) is 11.8. The Morgan fingerprint density at radius 2 is 1.97 bits per heavy atom. The number of carbonyl (C=O) groups is 1. The van der Waals surface area contributed by atoms with Crippen LogP contribution in [0.4, 0.5) is 0 Å². The fourth-order valence-corrected chi connectivity index (χ4v) is 6.85. The molecule has 1 aliphatic heterocycles. The molecule has 1 saturated heterocycles. The van der Waals surface area contributed by atoms with E-state index in [1.165, 1.54) is 0 Å². The van der Waals surface area contributed by atoms with Crippen molar-refractivity contribution in [2.75, 3.05) is 18.1 Å². The van der Waals surface area contributed by atoms with Crippen molar-refractivity contribution in [1.29, 1.82) is 0 Å². The standard InChI is InChI=1S/C22H24BrIN2O3S2/c1-3-28-19-11-16(13-25-26-20(27)12-22(2)30-8-9-31-22)10-18(24)21(19)29-14-15-4-6-17(23)7-5-15/h4-7,10-11,13H,3,8-9,12,14H2,1-2H3,(H,26,27)/b25-13-. The summed E-state index contributed by atoms with van der Waals surface area (Å²) in [7, 11) is 0. The number of benzene rings is 2. The molecule has 1 amide bonds. The first-order valence-corrected chi connectivity index (χ1v) is 13.7. The fourth-order valence-electron chi connectivity index (χ4n) is 2.97. The molecule has 0 unspecified atom stereocenters. The van der Waals surface area contributed by atoms with Crippen molar-refractivity contribution >= 4 is 74.2 Å². The summed E-state index contributed by atoms with van der Waals surface area (Å²) in [5.41, 5.74) is 4.55. The number of hydrogen-bond acceptors (Lipinski definition) is 6. The molecule has 0 aliphatic carbocycles. The molecule has 2 aromatic rings. The smallest absolute Gasteiger partial charge is 0.242 e. The van der Waals surface area contributed by atoms with Crippen LogP contribution in [0.1, 0.15) is 31.4 Å². The number of amides is 1. The van der Waals surface area contributed by atoms with Crippen LogP contribution in [0, 0.1) is 3.57 Å². The second-order valence-electron chi connectivity index (χ2n) is 6.98. The predicted octanol–water partition coefficient (Wildman–Crippen LogP) is 6.07. The first-order valence-electron chi connectivity index (χ1n) is 9.82. The number of halogens is 2. The highest BCUT2D eigenvalue weighted by Gasteiger charge is 2.32. The number of thioether (sulfide) groups is 2. The summed E-state index contributed by atoms with van der Waals surface area (Å²) in [5, 5.41) is 4.14. The third-order valence-electron chi connectivity index (χ3n) is 4.41. The van der Waals surface area contributed by atoms with Gasteiger partial charge in [0.1, 0.15) is 6.61 Å². The Hall–Kier alpha value is -0.910. The molecule has 1 heterocycles. The van der Waals surface area contributed by atoms with E-state index < -0.39 is 0 Å². The van der Waals surface area contributed by atoms with E-state index in [0.29, 0.717) is 31.1 Å². The van der Waals surface area contributed by atoms with Gasteiger partial charge >= 0.3 is 0 Å². The topological polar surface area (TPSA) is 59.9 Å². The average Bonchev–Trinajstić information content (AvgIpc) is 3.14. The van der Waals surface area contributed by atoms with Gasteiger partial charge in [-0.3, -0.25) is 4.79 Å². The van der Waals surface area contributed by atoms with Gasteiger partial charge in [-0.25, -0.2) is 5.43 Å². The predicted molar refractivity (Wildman–Crippen MR) is 142 cm³/mol. The largest absolute Gasteiger partial charge is 0.490 e. The Bertz CT molecular complexity index is 935. The van der Waals surface area contributed by atoms with Gasteiger partial charge < -0.3 is 9.47 Å². The Balaban J connectivity index is 1.65. The molecule has 9 heteroatoms. The van der Waals surface area contributed by atoms with Crippen LogP contribution in [0.2, 0.25) is 0 Å². The minimum atomic E-state index is -0.0742. The molecule has 5 nitrogen and oxygen atoms in total. The third-order valence-corrected chi connectivity index (χ3v) is 9.03. The number of ether oxygens (including phenoxy) is 2. The quantitative estimate of drug-likeness (QED) is 0.206. The van der Waals surface area contributed by atoms with Crippen molar-refractivity contribution in [3.63, 3.8) is 0 Å². The normalized spacial score (nSPS) is 15.2. The highest BCUT2D eigenvalue weighted by molar-refractivity contribution is 14.1. The lowest BCUT2D eigenvalue weighted by atomic mass is 10.2. The lowest BCUT2D eigenvalue weighted by Gasteiger charge is -2.19.